The molecular formula is C25H25N5O6. The largest absolute Gasteiger partial charge is 0.494 e. The first-order chi connectivity index (χ1) is 17.5. The summed E-state index contributed by atoms with van der Waals surface area (Å²) in [7, 11) is 4.58. The van der Waals surface area contributed by atoms with Crippen LogP contribution in [0.1, 0.15) is 17.4 Å². The summed E-state index contributed by atoms with van der Waals surface area (Å²) in [6.45, 7) is 2.42. The van der Waals surface area contributed by atoms with Gasteiger partial charge >= 0.3 is 6.03 Å². The number of amides is 3. The predicted molar refractivity (Wildman–Crippen MR) is 132 cm³/mol. The van der Waals surface area contributed by atoms with Crippen molar-refractivity contribution in [3.8, 4) is 28.7 Å². The number of nitrogens with one attached hydrogen (secondary N) is 2. The lowest BCUT2D eigenvalue weighted by atomic mass is 10.2. The highest BCUT2D eigenvalue weighted by Gasteiger charge is 2.17. The van der Waals surface area contributed by atoms with Gasteiger partial charge in [-0.25, -0.2) is 9.78 Å². The lowest BCUT2D eigenvalue weighted by Crippen LogP contribution is -2.35. The lowest BCUT2D eigenvalue weighted by molar-refractivity contribution is 0.0958. The number of carbonyl (C=O) groups excluding carboxylic acids is 2. The number of aryl methyl sites for hydroxylation is 1. The van der Waals surface area contributed by atoms with Crippen LogP contribution in [-0.4, -0.2) is 47.8 Å². The van der Waals surface area contributed by atoms with Crippen LogP contribution in [0.25, 0.3) is 10.9 Å². The smallest absolute Gasteiger partial charge is 0.326 e. The minimum Gasteiger partial charge on any atom is -0.494 e. The zero-order valence-corrected chi connectivity index (χ0v) is 20.2. The number of ether oxygens (including phenoxy) is 4. The minimum absolute atomic E-state index is 0.280. The number of carbonyl (C=O) groups is 2. The number of methoxy groups -OCH3 is 3. The Balaban J connectivity index is 1.53. The Kier molecular flexibility index (Phi) is 7.19. The summed E-state index contributed by atoms with van der Waals surface area (Å²) < 4.78 is 23.9. The number of anilines is 1. The molecule has 0 spiro atoms. The van der Waals surface area contributed by atoms with E-state index in [9.17, 15) is 9.59 Å². The van der Waals surface area contributed by atoms with E-state index in [0.29, 0.717) is 46.5 Å². The summed E-state index contributed by atoms with van der Waals surface area (Å²) in [6, 6.07) is 9.47. The number of aromatic nitrogens is 3. The molecule has 0 aliphatic carbocycles. The zero-order chi connectivity index (χ0) is 25.7. The average molecular weight is 492 g/mol. The lowest BCUT2D eigenvalue weighted by Gasteiger charge is -2.14. The summed E-state index contributed by atoms with van der Waals surface area (Å²) in [5.74, 6) is 1.88. The van der Waals surface area contributed by atoms with Crippen LogP contribution >= 0.6 is 0 Å². The number of nitrogens with zero attached hydrogens (tertiary/aromatic N) is 3. The van der Waals surface area contributed by atoms with E-state index in [1.54, 1.807) is 61.4 Å². The molecule has 186 valence electrons. The van der Waals surface area contributed by atoms with Gasteiger partial charge in [0.15, 0.2) is 11.5 Å². The van der Waals surface area contributed by atoms with Crippen molar-refractivity contribution in [3.63, 3.8) is 0 Å². The number of urea groups is 1. The molecule has 2 N–H and O–H groups in total. The Bertz CT molecular complexity index is 1420. The molecule has 11 nitrogen and oxygen atoms in total. The molecule has 0 saturated heterocycles. The first-order valence-electron chi connectivity index (χ1n) is 11.0. The van der Waals surface area contributed by atoms with Gasteiger partial charge in [-0.3, -0.25) is 15.1 Å². The van der Waals surface area contributed by atoms with Crippen LogP contribution < -0.4 is 29.6 Å². The third kappa shape index (κ3) is 4.99. The zero-order valence-electron chi connectivity index (χ0n) is 20.2. The van der Waals surface area contributed by atoms with Crippen molar-refractivity contribution >= 4 is 28.5 Å². The predicted octanol–water partition coefficient (Wildman–Crippen LogP) is 4.23. The molecule has 2 aromatic carbocycles. The van der Waals surface area contributed by atoms with E-state index < -0.39 is 11.9 Å². The molecular weight excluding hydrogens is 466 g/mol. The second-order valence-electron chi connectivity index (χ2n) is 7.47. The van der Waals surface area contributed by atoms with E-state index >= 15 is 0 Å². The summed E-state index contributed by atoms with van der Waals surface area (Å²) in [5.41, 5.74) is 1.30. The third-order valence-corrected chi connectivity index (χ3v) is 5.37. The van der Waals surface area contributed by atoms with Gasteiger partial charge in [-0.1, -0.05) is 0 Å². The van der Waals surface area contributed by atoms with Crippen molar-refractivity contribution in [2.75, 3.05) is 26.6 Å². The van der Waals surface area contributed by atoms with Gasteiger partial charge in [0.05, 0.1) is 45.1 Å². The highest BCUT2D eigenvalue weighted by atomic mass is 16.5. The fraction of sp³-hybridized carbons (Fsp3) is 0.200. The van der Waals surface area contributed by atoms with Crippen molar-refractivity contribution in [2.45, 2.75) is 13.5 Å². The molecule has 0 aliphatic rings. The molecule has 0 saturated carbocycles. The number of benzene rings is 2. The number of imide groups is 1. The van der Waals surface area contributed by atoms with Gasteiger partial charge in [-0.05, 0) is 31.2 Å². The maximum Gasteiger partial charge on any atom is 0.326 e. The van der Waals surface area contributed by atoms with Gasteiger partial charge in [0, 0.05) is 30.3 Å². The Morgan fingerprint density at radius 2 is 1.69 bits per heavy atom. The molecule has 0 radical (unpaired) electrons. The molecule has 0 atom stereocenters. The van der Waals surface area contributed by atoms with Crippen LogP contribution in [0.5, 0.6) is 28.7 Å². The van der Waals surface area contributed by atoms with E-state index in [4.69, 9.17) is 18.9 Å². The first kappa shape index (κ1) is 24.3. The van der Waals surface area contributed by atoms with Crippen molar-refractivity contribution in [1.29, 1.82) is 0 Å². The van der Waals surface area contributed by atoms with Crippen LogP contribution in [0.2, 0.25) is 0 Å². The molecule has 0 unspecified atom stereocenters. The van der Waals surface area contributed by atoms with Crippen molar-refractivity contribution in [3.05, 3.63) is 60.8 Å². The van der Waals surface area contributed by atoms with Crippen molar-refractivity contribution in [2.24, 2.45) is 0 Å². The van der Waals surface area contributed by atoms with Crippen LogP contribution in [0, 0.1) is 0 Å². The molecule has 36 heavy (non-hydrogen) atoms. The normalized spacial score (nSPS) is 10.6. The van der Waals surface area contributed by atoms with Crippen LogP contribution in [0.3, 0.4) is 0 Å². The first-order valence-corrected chi connectivity index (χ1v) is 11.0. The number of hydrogen-bond donors (Lipinski definition) is 2. The van der Waals surface area contributed by atoms with E-state index in [-0.39, 0.29) is 5.69 Å². The van der Waals surface area contributed by atoms with Crippen molar-refractivity contribution < 1.29 is 28.5 Å². The fourth-order valence-electron chi connectivity index (χ4n) is 3.58. The van der Waals surface area contributed by atoms with Gasteiger partial charge in [0.25, 0.3) is 5.91 Å². The van der Waals surface area contributed by atoms with Crippen molar-refractivity contribution in [1.82, 2.24) is 19.9 Å². The molecule has 3 amide bonds. The highest BCUT2D eigenvalue weighted by Crippen LogP contribution is 2.38. The van der Waals surface area contributed by atoms with E-state index in [1.807, 2.05) is 6.92 Å². The molecule has 0 fully saturated rings. The quantitative estimate of drug-likeness (QED) is 0.375. The molecule has 0 bridgehead atoms. The SMILES string of the molecule is CCn1cncc1C(=O)NC(=O)Nc1ccc(Oc2ccnc3cc(OC)c(OC)cc23)cc1OC. The number of rotatable bonds is 8. The minimum atomic E-state index is -0.711. The number of fused-ring (bicyclic) bond motifs is 1. The summed E-state index contributed by atoms with van der Waals surface area (Å²) in [6.07, 6.45) is 4.54. The molecule has 2 heterocycles. The average Bonchev–Trinajstić information content (AvgIpc) is 3.38. The topological polar surface area (TPSA) is 126 Å². The van der Waals surface area contributed by atoms with Crippen LogP contribution in [-0.2, 0) is 6.54 Å². The summed E-state index contributed by atoms with van der Waals surface area (Å²) in [5, 5.41) is 5.63. The molecule has 0 aliphatic heterocycles. The van der Waals surface area contributed by atoms with E-state index in [2.05, 4.69) is 20.6 Å². The molecule has 4 rings (SSSR count). The monoisotopic (exact) mass is 491 g/mol. The highest BCUT2D eigenvalue weighted by molar-refractivity contribution is 6.07. The van der Waals surface area contributed by atoms with Gasteiger partial charge in [-0.2, -0.15) is 0 Å². The Hall–Kier alpha value is -4.80. The second kappa shape index (κ2) is 10.6. The van der Waals surface area contributed by atoms with Crippen LogP contribution in [0.15, 0.2) is 55.1 Å². The summed E-state index contributed by atoms with van der Waals surface area (Å²) >= 11 is 0. The van der Waals surface area contributed by atoms with Gasteiger partial charge in [0.2, 0.25) is 0 Å². The fourth-order valence-corrected chi connectivity index (χ4v) is 3.58. The van der Waals surface area contributed by atoms with E-state index in [0.717, 1.165) is 5.39 Å². The number of hydrogen-bond acceptors (Lipinski definition) is 8. The molecule has 4 aromatic rings. The van der Waals surface area contributed by atoms with Crippen LogP contribution in [0.4, 0.5) is 10.5 Å². The Morgan fingerprint density at radius 1 is 0.944 bits per heavy atom. The summed E-state index contributed by atoms with van der Waals surface area (Å²) in [4.78, 5) is 33.1. The van der Waals surface area contributed by atoms with Gasteiger partial charge in [-0.15, -0.1) is 0 Å². The second-order valence-corrected chi connectivity index (χ2v) is 7.47. The van der Waals surface area contributed by atoms with Gasteiger partial charge in [0.1, 0.15) is 22.9 Å². The Labute approximate surface area is 207 Å². The standard InChI is InChI=1S/C25H25N5O6/c1-5-30-14-26-13-19(30)24(31)29-25(32)28-17-7-6-15(10-21(17)33-2)36-20-8-9-27-18-12-23(35-4)22(34-3)11-16(18)20/h6-14H,5H2,1-4H3,(H2,28,29,31,32). The maximum absolute atomic E-state index is 12.4. The number of pyridine rings is 1. The van der Waals surface area contributed by atoms with Gasteiger partial charge < -0.3 is 28.8 Å². The Morgan fingerprint density at radius 3 is 2.42 bits per heavy atom. The molecule has 2 aromatic heterocycles. The van der Waals surface area contributed by atoms with E-state index in [1.165, 1.54) is 19.6 Å². The number of imidazole rings is 1. The third-order valence-electron chi connectivity index (χ3n) is 5.37. The maximum atomic E-state index is 12.4. The molecule has 11 heteroatoms.